The Hall–Kier alpha value is -3.66. The van der Waals surface area contributed by atoms with Crippen molar-refractivity contribution >= 4 is 17.3 Å². The Morgan fingerprint density at radius 1 is 1.15 bits per heavy atom. The molecule has 1 aliphatic heterocycles. The highest BCUT2D eigenvalue weighted by atomic mass is 19.1. The molecule has 1 unspecified atom stereocenters. The van der Waals surface area contributed by atoms with E-state index < -0.39 is 11.7 Å². The molecule has 0 aliphatic carbocycles. The third-order valence-corrected chi connectivity index (χ3v) is 5.62. The fourth-order valence-corrected chi connectivity index (χ4v) is 3.66. The third-order valence-electron chi connectivity index (χ3n) is 5.62. The van der Waals surface area contributed by atoms with Crippen LogP contribution in [0.5, 0.6) is 0 Å². The summed E-state index contributed by atoms with van der Waals surface area (Å²) in [6.45, 7) is 7.72. The van der Waals surface area contributed by atoms with Gasteiger partial charge in [0.25, 0.3) is 11.5 Å². The van der Waals surface area contributed by atoms with Crippen molar-refractivity contribution in [3.8, 4) is 11.3 Å². The van der Waals surface area contributed by atoms with Crippen molar-refractivity contribution in [1.82, 2.24) is 25.5 Å². The normalized spacial score (nSPS) is 16.2. The smallest absolute Gasteiger partial charge is 0.287 e. The lowest BCUT2D eigenvalue weighted by Gasteiger charge is -2.24. The van der Waals surface area contributed by atoms with Gasteiger partial charge in [0.15, 0.2) is 0 Å². The number of halogens is 1. The molecule has 1 amide bonds. The maximum Gasteiger partial charge on any atom is 0.287 e. The van der Waals surface area contributed by atoms with E-state index in [0.29, 0.717) is 16.9 Å². The van der Waals surface area contributed by atoms with Crippen LogP contribution in [0.1, 0.15) is 49.8 Å². The number of aromatic nitrogens is 4. The van der Waals surface area contributed by atoms with E-state index in [0.717, 1.165) is 31.6 Å². The number of hydrogen-bond acceptors (Lipinski definition) is 7. The number of anilines is 2. The summed E-state index contributed by atoms with van der Waals surface area (Å²) in [5.41, 5.74) is 1.63. The Bertz CT molecular complexity index is 1230. The molecule has 3 heterocycles. The highest BCUT2D eigenvalue weighted by Crippen LogP contribution is 2.25. The van der Waals surface area contributed by atoms with Gasteiger partial charge >= 0.3 is 0 Å². The number of hydrogen-bond donors (Lipinski definition) is 4. The van der Waals surface area contributed by atoms with Crippen molar-refractivity contribution in [2.24, 2.45) is 0 Å². The maximum atomic E-state index is 14.5. The molecule has 0 spiro atoms. The SMILES string of the molecule is CC(C)(C)c1cnc(C(=O)Nc2cc(-c3cc(NC4CCCNC4)c(=O)[nH]n3)ccc2F)cn1. The highest BCUT2D eigenvalue weighted by molar-refractivity contribution is 6.03. The standard InChI is InChI=1S/C24H28FN7O2/c1-24(2,3)21-13-27-20(12-28-21)22(33)30-18-9-14(6-7-16(18)25)17-10-19(23(34)32-31-17)29-15-5-4-8-26-11-15/h6-7,9-10,12-13,15,26H,4-5,8,11H2,1-3H3,(H,29,31)(H,30,33)(H,32,34). The number of amides is 1. The lowest BCUT2D eigenvalue weighted by atomic mass is 9.93. The molecular weight excluding hydrogens is 437 g/mol. The molecule has 34 heavy (non-hydrogen) atoms. The number of nitrogens with one attached hydrogen (secondary N) is 4. The van der Waals surface area contributed by atoms with Gasteiger partial charge < -0.3 is 16.0 Å². The van der Waals surface area contributed by atoms with Crippen molar-refractivity contribution in [3.63, 3.8) is 0 Å². The largest absolute Gasteiger partial charge is 0.376 e. The van der Waals surface area contributed by atoms with Crippen LogP contribution in [-0.4, -0.2) is 45.2 Å². The molecule has 9 nitrogen and oxygen atoms in total. The fourth-order valence-electron chi connectivity index (χ4n) is 3.66. The van der Waals surface area contributed by atoms with Crippen LogP contribution in [0.3, 0.4) is 0 Å². The molecule has 0 radical (unpaired) electrons. The Morgan fingerprint density at radius 2 is 1.97 bits per heavy atom. The number of carbonyl (C=O) groups excluding carboxylic acids is 1. The molecule has 178 valence electrons. The minimum absolute atomic E-state index is 0.0248. The number of aromatic amines is 1. The summed E-state index contributed by atoms with van der Waals surface area (Å²) in [5.74, 6) is -1.18. The second kappa shape index (κ2) is 9.68. The van der Waals surface area contributed by atoms with Gasteiger partial charge in [-0.1, -0.05) is 20.8 Å². The second-order valence-corrected chi connectivity index (χ2v) is 9.37. The number of carbonyl (C=O) groups is 1. The first-order valence-corrected chi connectivity index (χ1v) is 11.2. The maximum absolute atomic E-state index is 14.5. The molecule has 1 atom stereocenters. The zero-order valence-electron chi connectivity index (χ0n) is 19.4. The quantitative estimate of drug-likeness (QED) is 0.456. The van der Waals surface area contributed by atoms with Crippen molar-refractivity contribution in [2.45, 2.75) is 45.1 Å². The first-order valence-electron chi connectivity index (χ1n) is 11.2. The zero-order chi connectivity index (χ0) is 24.3. The lowest BCUT2D eigenvalue weighted by Crippen LogP contribution is -2.39. The van der Waals surface area contributed by atoms with Gasteiger partial charge in [-0.25, -0.2) is 14.5 Å². The average Bonchev–Trinajstić information content (AvgIpc) is 2.82. The van der Waals surface area contributed by atoms with Crippen LogP contribution in [-0.2, 0) is 5.41 Å². The number of nitrogens with zero attached hydrogens (tertiary/aromatic N) is 3. The molecular formula is C24H28FN7O2. The molecule has 0 bridgehead atoms. The number of rotatable bonds is 5. The molecule has 2 aromatic heterocycles. The predicted octanol–water partition coefficient (Wildman–Crippen LogP) is 3.08. The summed E-state index contributed by atoms with van der Waals surface area (Å²) < 4.78 is 14.5. The van der Waals surface area contributed by atoms with Crippen LogP contribution in [0.2, 0.25) is 0 Å². The topological polar surface area (TPSA) is 125 Å². The summed E-state index contributed by atoms with van der Waals surface area (Å²) in [5, 5.41) is 15.7. The molecule has 1 saturated heterocycles. The average molecular weight is 466 g/mol. The molecule has 10 heteroatoms. The Labute approximate surface area is 196 Å². The van der Waals surface area contributed by atoms with Crippen molar-refractivity contribution in [1.29, 1.82) is 0 Å². The zero-order valence-corrected chi connectivity index (χ0v) is 19.4. The van der Waals surface area contributed by atoms with Crippen LogP contribution in [0.4, 0.5) is 15.8 Å². The Balaban J connectivity index is 1.54. The van der Waals surface area contributed by atoms with Gasteiger partial charge in [-0.3, -0.25) is 14.6 Å². The second-order valence-electron chi connectivity index (χ2n) is 9.37. The Morgan fingerprint density at radius 3 is 2.65 bits per heavy atom. The predicted molar refractivity (Wildman–Crippen MR) is 128 cm³/mol. The summed E-state index contributed by atoms with van der Waals surface area (Å²) in [6.07, 6.45) is 4.90. The Kier molecular flexibility index (Phi) is 6.69. The number of H-pyrrole nitrogens is 1. The van der Waals surface area contributed by atoms with Gasteiger partial charge in [0.2, 0.25) is 0 Å². The van der Waals surface area contributed by atoms with Gasteiger partial charge in [0.05, 0.1) is 23.3 Å². The van der Waals surface area contributed by atoms with Crippen LogP contribution < -0.4 is 21.5 Å². The number of benzene rings is 1. The van der Waals surface area contributed by atoms with E-state index in [9.17, 15) is 14.0 Å². The van der Waals surface area contributed by atoms with E-state index in [1.54, 1.807) is 12.3 Å². The van der Waals surface area contributed by atoms with Crippen molar-refractivity contribution in [3.05, 3.63) is 64.2 Å². The van der Waals surface area contributed by atoms with Crippen molar-refractivity contribution < 1.29 is 9.18 Å². The molecule has 1 fully saturated rings. The highest BCUT2D eigenvalue weighted by Gasteiger charge is 2.19. The lowest BCUT2D eigenvalue weighted by molar-refractivity contribution is 0.102. The summed E-state index contributed by atoms with van der Waals surface area (Å²) >= 11 is 0. The summed E-state index contributed by atoms with van der Waals surface area (Å²) in [7, 11) is 0. The summed E-state index contributed by atoms with van der Waals surface area (Å²) in [4.78, 5) is 33.4. The van der Waals surface area contributed by atoms with Gasteiger partial charge in [-0.2, -0.15) is 5.10 Å². The van der Waals surface area contributed by atoms with Gasteiger partial charge in [0, 0.05) is 29.8 Å². The number of piperidine rings is 1. The first-order chi connectivity index (χ1) is 16.2. The molecule has 4 rings (SSSR count). The molecule has 1 aromatic carbocycles. The van der Waals surface area contributed by atoms with E-state index in [4.69, 9.17) is 0 Å². The van der Waals surface area contributed by atoms with Crippen LogP contribution in [0.25, 0.3) is 11.3 Å². The minimum atomic E-state index is -0.604. The van der Waals surface area contributed by atoms with E-state index in [1.165, 1.54) is 24.4 Å². The van der Waals surface area contributed by atoms with E-state index in [2.05, 4.69) is 36.1 Å². The van der Waals surface area contributed by atoms with Gasteiger partial charge in [-0.05, 0) is 43.7 Å². The van der Waals surface area contributed by atoms with Gasteiger partial charge in [0.1, 0.15) is 17.2 Å². The fraction of sp³-hybridized carbons (Fsp3) is 0.375. The van der Waals surface area contributed by atoms with Gasteiger partial charge in [-0.15, -0.1) is 0 Å². The van der Waals surface area contributed by atoms with Crippen LogP contribution in [0, 0.1) is 5.82 Å². The van der Waals surface area contributed by atoms with Crippen LogP contribution in [0.15, 0.2) is 41.5 Å². The summed E-state index contributed by atoms with van der Waals surface area (Å²) in [6, 6.07) is 6.01. The van der Waals surface area contributed by atoms with E-state index >= 15 is 0 Å². The third kappa shape index (κ3) is 5.45. The van der Waals surface area contributed by atoms with Crippen LogP contribution >= 0.6 is 0 Å². The minimum Gasteiger partial charge on any atom is -0.376 e. The molecule has 3 aromatic rings. The van der Waals surface area contributed by atoms with Crippen molar-refractivity contribution in [2.75, 3.05) is 23.7 Å². The molecule has 1 aliphatic rings. The molecule has 4 N–H and O–H groups in total. The van der Waals surface area contributed by atoms with E-state index in [1.807, 2.05) is 20.8 Å². The monoisotopic (exact) mass is 465 g/mol. The first kappa shape index (κ1) is 23.5. The van der Waals surface area contributed by atoms with E-state index in [-0.39, 0.29) is 28.4 Å². The molecule has 0 saturated carbocycles.